The Morgan fingerprint density at radius 3 is 2.60 bits per heavy atom. The van der Waals surface area contributed by atoms with Crippen molar-refractivity contribution in [3.63, 3.8) is 0 Å². The molecule has 2 aliphatic heterocycles. The molecular weight excluding hydrogens is 382 g/mol. The molecule has 2 aliphatic rings. The number of nitrogens with zero attached hydrogens (tertiary/aromatic N) is 4. The van der Waals surface area contributed by atoms with E-state index in [1.807, 2.05) is 30.3 Å². The lowest BCUT2D eigenvalue weighted by atomic mass is 9.69. The molecule has 2 aromatic carbocycles. The zero-order valence-corrected chi connectivity index (χ0v) is 16.0. The van der Waals surface area contributed by atoms with E-state index in [0.717, 1.165) is 5.69 Å². The van der Waals surface area contributed by atoms with E-state index in [-0.39, 0.29) is 17.3 Å². The number of aliphatic hydroxyl groups is 1. The van der Waals surface area contributed by atoms with Gasteiger partial charge in [-0.2, -0.15) is 10.4 Å². The Hall–Kier alpha value is -4.09. The summed E-state index contributed by atoms with van der Waals surface area (Å²) in [6, 6.07) is 18.4. The van der Waals surface area contributed by atoms with Gasteiger partial charge in [-0.25, -0.2) is 4.68 Å². The number of aryl methyl sites for hydroxylation is 1. The molecule has 1 aromatic heterocycles. The molecule has 8 heteroatoms. The van der Waals surface area contributed by atoms with Crippen LogP contribution in [-0.4, -0.2) is 27.5 Å². The lowest BCUT2D eigenvalue weighted by molar-refractivity contribution is -0.121. The lowest BCUT2D eigenvalue weighted by Crippen LogP contribution is -2.46. The first-order chi connectivity index (χ1) is 14.6. The zero-order valence-electron chi connectivity index (χ0n) is 16.0. The molecule has 1 spiro atoms. The summed E-state index contributed by atoms with van der Waals surface area (Å²) < 4.78 is 7.44. The fourth-order valence-corrected chi connectivity index (χ4v) is 4.46. The summed E-state index contributed by atoms with van der Waals surface area (Å²) in [7, 11) is 0. The fraction of sp³-hybridized carbons (Fsp3) is 0.136. The molecule has 1 amide bonds. The quantitative estimate of drug-likeness (QED) is 0.679. The summed E-state index contributed by atoms with van der Waals surface area (Å²) in [5.41, 5.74) is 7.41. The highest BCUT2D eigenvalue weighted by Gasteiger charge is 2.61. The predicted octanol–water partition coefficient (Wildman–Crippen LogP) is 1.85. The minimum atomic E-state index is -1.54. The molecule has 5 rings (SSSR count). The van der Waals surface area contributed by atoms with E-state index in [4.69, 9.17) is 10.5 Å². The monoisotopic (exact) mass is 399 g/mol. The smallest absolute Gasteiger partial charge is 0.249 e. The topological polar surface area (TPSA) is 117 Å². The van der Waals surface area contributed by atoms with Crippen molar-refractivity contribution in [1.29, 1.82) is 5.26 Å². The third-order valence-electron chi connectivity index (χ3n) is 5.64. The van der Waals surface area contributed by atoms with E-state index in [0.29, 0.717) is 22.5 Å². The molecule has 0 fully saturated rings. The van der Waals surface area contributed by atoms with E-state index in [9.17, 15) is 15.2 Å². The number of anilines is 1. The Labute approximate surface area is 172 Å². The lowest BCUT2D eigenvalue weighted by Gasteiger charge is -2.32. The molecular formula is C22H17N5O3. The zero-order chi connectivity index (χ0) is 21.0. The summed E-state index contributed by atoms with van der Waals surface area (Å²) >= 11 is 0. The second-order valence-electron chi connectivity index (χ2n) is 7.11. The number of carbonyl (C=O) groups is 1. The van der Waals surface area contributed by atoms with Crippen LogP contribution in [0.2, 0.25) is 0 Å². The van der Waals surface area contributed by atoms with Gasteiger partial charge in [0.15, 0.2) is 0 Å². The maximum absolute atomic E-state index is 13.8. The summed E-state index contributed by atoms with van der Waals surface area (Å²) in [6.45, 7) is 1.23. The first-order valence-electron chi connectivity index (χ1n) is 9.31. The van der Waals surface area contributed by atoms with Crippen LogP contribution in [0, 0.1) is 18.3 Å². The maximum atomic E-state index is 13.8. The molecule has 0 saturated carbocycles. The van der Waals surface area contributed by atoms with Crippen LogP contribution in [0.4, 0.5) is 5.69 Å². The third kappa shape index (κ3) is 2.02. The summed E-state index contributed by atoms with van der Waals surface area (Å²) in [4.78, 5) is 15.0. The van der Waals surface area contributed by atoms with E-state index >= 15 is 0 Å². The molecule has 3 heterocycles. The molecule has 148 valence electrons. The van der Waals surface area contributed by atoms with Crippen molar-refractivity contribution in [1.82, 2.24) is 9.78 Å². The van der Waals surface area contributed by atoms with Gasteiger partial charge in [0.25, 0.3) is 0 Å². The summed E-state index contributed by atoms with van der Waals surface area (Å²) in [5, 5.41) is 24.6. The molecule has 30 heavy (non-hydrogen) atoms. The number of fused-ring (bicyclic) bond motifs is 4. The van der Waals surface area contributed by atoms with Crippen LogP contribution >= 0.6 is 0 Å². The number of ether oxygens (including phenoxy) is 1. The number of benzene rings is 2. The van der Waals surface area contributed by atoms with Crippen LogP contribution in [-0.2, 0) is 10.2 Å². The largest absolute Gasteiger partial charge is 0.422 e. The van der Waals surface area contributed by atoms with Gasteiger partial charge < -0.3 is 15.6 Å². The van der Waals surface area contributed by atoms with Gasteiger partial charge in [0.1, 0.15) is 23.8 Å². The summed E-state index contributed by atoms with van der Waals surface area (Å²) in [6.07, 6.45) is 0. The second kappa shape index (κ2) is 6.20. The molecule has 0 saturated heterocycles. The van der Waals surface area contributed by atoms with Crippen LogP contribution in [0.15, 0.2) is 66.1 Å². The fourth-order valence-electron chi connectivity index (χ4n) is 4.46. The van der Waals surface area contributed by atoms with Crippen molar-refractivity contribution >= 4 is 11.6 Å². The van der Waals surface area contributed by atoms with Gasteiger partial charge in [-0.1, -0.05) is 36.4 Å². The third-order valence-corrected chi connectivity index (χ3v) is 5.64. The minimum absolute atomic E-state index is 0.0147. The van der Waals surface area contributed by atoms with Gasteiger partial charge in [-0.05, 0) is 25.1 Å². The first kappa shape index (κ1) is 18.0. The number of hydrogen-bond donors (Lipinski definition) is 2. The van der Waals surface area contributed by atoms with Crippen molar-refractivity contribution in [2.75, 3.05) is 11.6 Å². The van der Waals surface area contributed by atoms with Crippen molar-refractivity contribution < 1.29 is 14.6 Å². The number of para-hydroxylation sites is 2. The van der Waals surface area contributed by atoms with E-state index in [1.54, 1.807) is 35.9 Å². The number of aromatic nitrogens is 2. The number of amides is 1. The van der Waals surface area contributed by atoms with Gasteiger partial charge in [-0.3, -0.25) is 9.69 Å². The van der Waals surface area contributed by atoms with E-state index in [2.05, 4.69) is 11.2 Å². The van der Waals surface area contributed by atoms with Gasteiger partial charge in [0, 0.05) is 5.56 Å². The van der Waals surface area contributed by atoms with Crippen LogP contribution in [0.1, 0.15) is 16.8 Å². The van der Waals surface area contributed by atoms with Crippen LogP contribution < -0.4 is 15.4 Å². The highest BCUT2D eigenvalue weighted by molar-refractivity contribution is 6.14. The average molecular weight is 399 g/mol. The Morgan fingerprint density at radius 1 is 1.20 bits per heavy atom. The van der Waals surface area contributed by atoms with E-state index < -0.39 is 18.1 Å². The van der Waals surface area contributed by atoms with Crippen molar-refractivity contribution in [2.45, 2.75) is 12.3 Å². The number of nitriles is 1. The Bertz CT molecular complexity index is 1270. The summed E-state index contributed by atoms with van der Waals surface area (Å²) in [5.74, 6) is -0.353. The number of hydrogen-bond acceptors (Lipinski definition) is 6. The first-order valence-corrected chi connectivity index (χ1v) is 9.31. The minimum Gasteiger partial charge on any atom is -0.422 e. The number of aliphatic hydroxyl groups excluding tert-OH is 1. The SMILES string of the molecule is Cc1nn(-c2ccccc2)c2c1[C@]1(C(=O)N(CO)c3ccccc31)C(C#N)=C(N)O2. The van der Waals surface area contributed by atoms with Crippen LogP contribution in [0.5, 0.6) is 5.88 Å². The second-order valence-corrected chi connectivity index (χ2v) is 7.11. The molecule has 3 aromatic rings. The normalized spacial score (nSPS) is 19.5. The van der Waals surface area contributed by atoms with Crippen LogP contribution in [0.25, 0.3) is 5.69 Å². The standard InChI is InChI=1S/C22H17N5O3/c1-13-18-20(27(25-13)14-7-3-2-4-8-14)30-19(24)16(11-23)22(18)15-9-5-6-10-17(15)26(12-28)21(22)29/h2-10,28H,12,24H2,1H3/t22-/m1/s1. The number of nitrogens with two attached hydrogens (primary N) is 1. The highest BCUT2D eigenvalue weighted by Crippen LogP contribution is 2.56. The van der Waals surface area contributed by atoms with Gasteiger partial charge in [-0.15, -0.1) is 0 Å². The molecule has 3 N–H and O–H groups in total. The van der Waals surface area contributed by atoms with Crippen molar-refractivity contribution in [3.8, 4) is 17.6 Å². The predicted molar refractivity (Wildman–Crippen MR) is 108 cm³/mol. The molecule has 1 atom stereocenters. The average Bonchev–Trinajstić information content (AvgIpc) is 3.21. The van der Waals surface area contributed by atoms with E-state index in [1.165, 1.54) is 4.90 Å². The number of rotatable bonds is 2. The van der Waals surface area contributed by atoms with Crippen molar-refractivity contribution in [2.24, 2.45) is 5.73 Å². The van der Waals surface area contributed by atoms with Crippen molar-refractivity contribution in [3.05, 3.63) is 82.9 Å². The Balaban J connectivity index is 1.91. The number of carbonyl (C=O) groups excluding carboxylic acids is 1. The molecule has 0 radical (unpaired) electrons. The van der Waals surface area contributed by atoms with Crippen LogP contribution in [0.3, 0.4) is 0 Å². The Kier molecular flexibility index (Phi) is 3.72. The molecule has 0 bridgehead atoms. The van der Waals surface area contributed by atoms with Gasteiger partial charge in [0.05, 0.1) is 22.6 Å². The maximum Gasteiger partial charge on any atom is 0.249 e. The van der Waals surface area contributed by atoms with Gasteiger partial charge in [0.2, 0.25) is 17.7 Å². The Morgan fingerprint density at radius 2 is 1.90 bits per heavy atom. The highest BCUT2D eigenvalue weighted by atomic mass is 16.5. The molecule has 0 unspecified atom stereocenters. The molecule has 8 nitrogen and oxygen atoms in total. The molecule has 0 aliphatic carbocycles. The van der Waals surface area contributed by atoms with Gasteiger partial charge >= 0.3 is 0 Å².